The first-order chi connectivity index (χ1) is 9.35. The highest BCUT2D eigenvalue weighted by molar-refractivity contribution is 7.21. The van der Waals surface area contributed by atoms with Crippen LogP contribution in [0.15, 0.2) is 34.3 Å². The maximum Gasteiger partial charge on any atom is 0.0618 e. The van der Waals surface area contributed by atoms with Crippen LogP contribution >= 0.6 is 34.0 Å². The van der Waals surface area contributed by atoms with Crippen molar-refractivity contribution >= 4 is 34.0 Å². The predicted octanol–water partition coefficient (Wildman–Crippen LogP) is 5.17. The number of thiophene rings is 3. The van der Waals surface area contributed by atoms with E-state index in [1.807, 2.05) is 5.38 Å². The molecule has 0 aliphatic carbocycles. The molecule has 0 atom stereocenters. The van der Waals surface area contributed by atoms with Crippen molar-refractivity contribution in [3.8, 4) is 44.9 Å². The standard InChI is InChI=1S/C16H8S3/c1-3-11-10-19-15(12(11)4-2)16-13(7-9-18-16)14-6-5-8-17-14/h1-2,5-10H. The molecule has 90 valence electrons. The first-order valence-corrected chi connectivity index (χ1v) is 8.15. The van der Waals surface area contributed by atoms with Crippen molar-refractivity contribution in [2.24, 2.45) is 0 Å². The maximum absolute atomic E-state index is 5.61. The van der Waals surface area contributed by atoms with Crippen LogP contribution in [0.4, 0.5) is 0 Å². The fraction of sp³-hybridized carbons (Fsp3) is 0. The molecule has 3 aromatic heterocycles. The second-order valence-corrected chi connectivity index (χ2v) is 6.53. The quantitative estimate of drug-likeness (QED) is 0.572. The first kappa shape index (κ1) is 12.3. The van der Waals surface area contributed by atoms with Crippen molar-refractivity contribution in [1.29, 1.82) is 0 Å². The van der Waals surface area contributed by atoms with E-state index in [0.717, 1.165) is 16.0 Å². The van der Waals surface area contributed by atoms with E-state index in [1.54, 1.807) is 34.0 Å². The average molecular weight is 296 g/mol. The fourth-order valence-corrected chi connectivity index (χ4v) is 4.78. The van der Waals surface area contributed by atoms with Gasteiger partial charge < -0.3 is 0 Å². The first-order valence-electron chi connectivity index (χ1n) is 5.51. The molecule has 19 heavy (non-hydrogen) atoms. The monoisotopic (exact) mass is 296 g/mol. The second-order valence-electron chi connectivity index (χ2n) is 3.78. The molecule has 3 heterocycles. The highest BCUT2D eigenvalue weighted by Gasteiger charge is 2.16. The van der Waals surface area contributed by atoms with Gasteiger partial charge in [-0.1, -0.05) is 17.9 Å². The summed E-state index contributed by atoms with van der Waals surface area (Å²) in [6, 6.07) is 6.33. The Balaban J connectivity index is 2.20. The summed E-state index contributed by atoms with van der Waals surface area (Å²) in [6.07, 6.45) is 11.1. The van der Waals surface area contributed by atoms with Crippen LogP contribution in [0.1, 0.15) is 11.1 Å². The topological polar surface area (TPSA) is 0 Å². The molecule has 0 aliphatic heterocycles. The van der Waals surface area contributed by atoms with Crippen molar-refractivity contribution in [3.05, 3.63) is 45.5 Å². The van der Waals surface area contributed by atoms with Crippen molar-refractivity contribution in [2.45, 2.75) is 0 Å². The molecule has 0 aliphatic rings. The molecule has 0 aromatic carbocycles. The van der Waals surface area contributed by atoms with E-state index in [-0.39, 0.29) is 0 Å². The lowest BCUT2D eigenvalue weighted by molar-refractivity contribution is 1.75. The van der Waals surface area contributed by atoms with Crippen molar-refractivity contribution < 1.29 is 0 Å². The minimum Gasteiger partial charge on any atom is -0.144 e. The Kier molecular flexibility index (Phi) is 3.27. The van der Waals surface area contributed by atoms with Gasteiger partial charge in [0.15, 0.2) is 0 Å². The van der Waals surface area contributed by atoms with Crippen LogP contribution in [0, 0.1) is 24.7 Å². The molecule has 3 aromatic rings. The summed E-state index contributed by atoms with van der Waals surface area (Å²) in [7, 11) is 0. The van der Waals surface area contributed by atoms with Gasteiger partial charge in [0.2, 0.25) is 0 Å². The smallest absolute Gasteiger partial charge is 0.0618 e. The highest BCUT2D eigenvalue weighted by Crippen LogP contribution is 2.43. The number of hydrogen-bond acceptors (Lipinski definition) is 3. The maximum atomic E-state index is 5.61. The van der Waals surface area contributed by atoms with E-state index in [1.165, 1.54) is 15.3 Å². The highest BCUT2D eigenvalue weighted by atomic mass is 32.1. The van der Waals surface area contributed by atoms with Crippen LogP contribution in [0.5, 0.6) is 0 Å². The van der Waals surface area contributed by atoms with Gasteiger partial charge in [-0.05, 0) is 22.9 Å². The van der Waals surface area contributed by atoms with Gasteiger partial charge in [0.05, 0.1) is 20.9 Å². The summed E-state index contributed by atoms with van der Waals surface area (Å²) < 4.78 is 0. The average Bonchev–Trinajstić information content (AvgIpc) is 3.16. The van der Waals surface area contributed by atoms with Gasteiger partial charge in [-0.25, -0.2) is 0 Å². The molecule has 3 rings (SSSR count). The lowest BCUT2D eigenvalue weighted by atomic mass is 10.1. The van der Waals surface area contributed by atoms with Gasteiger partial charge in [0.25, 0.3) is 0 Å². The van der Waals surface area contributed by atoms with Gasteiger partial charge >= 0.3 is 0 Å². The second kappa shape index (κ2) is 5.07. The van der Waals surface area contributed by atoms with Gasteiger partial charge in [0.1, 0.15) is 0 Å². The van der Waals surface area contributed by atoms with Gasteiger partial charge in [-0.15, -0.1) is 46.9 Å². The lowest BCUT2D eigenvalue weighted by Gasteiger charge is -2.00. The van der Waals surface area contributed by atoms with E-state index >= 15 is 0 Å². The van der Waals surface area contributed by atoms with E-state index in [4.69, 9.17) is 12.8 Å². The molecule has 0 amide bonds. The Hall–Kier alpha value is -1.78. The zero-order valence-corrected chi connectivity index (χ0v) is 12.3. The van der Waals surface area contributed by atoms with Crippen molar-refractivity contribution in [2.75, 3.05) is 0 Å². The van der Waals surface area contributed by atoms with Crippen molar-refractivity contribution in [3.63, 3.8) is 0 Å². The van der Waals surface area contributed by atoms with Crippen molar-refractivity contribution in [1.82, 2.24) is 0 Å². The normalized spacial score (nSPS) is 10.0. The van der Waals surface area contributed by atoms with Gasteiger partial charge in [-0.2, -0.15) is 0 Å². The molecule has 0 fully saturated rings. The molecular weight excluding hydrogens is 288 g/mol. The third-order valence-corrected chi connectivity index (χ3v) is 5.71. The lowest BCUT2D eigenvalue weighted by Crippen LogP contribution is -1.79. The third kappa shape index (κ3) is 2.03. The summed E-state index contributed by atoms with van der Waals surface area (Å²) >= 11 is 5.07. The van der Waals surface area contributed by atoms with Gasteiger partial charge in [0, 0.05) is 15.8 Å². The SMILES string of the molecule is C#Cc1csc(-c2sccc2-c2cccs2)c1C#C. The van der Waals surface area contributed by atoms with Crippen LogP contribution in [0.2, 0.25) is 0 Å². The van der Waals surface area contributed by atoms with Crippen LogP contribution < -0.4 is 0 Å². The molecule has 0 radical (unpaired) electrons. The zero-order chi connectivity index (χ0) is 13.2. The summed E-state index contributed by atoms with van der Waals surface area (Å²) in [5.74, 6) is 5.39. The van der Waals surface area contributed by atoms with E-state index in [9.17, 15) is 0 Å². The molecule has 0 saturated heterocycles. The summed E-state index contributed by atoms with van der Waals surface area (Å²) in [5.41, 5.74) is 2.89. The minimum atomic E-state index is 0.813. The Bertz CT molecular complexity index is 786. The Morgan fingerprint density at radius 2 is 1.79 bits per heavy atom. The Morgan fingerprint density at radius 1 is 0.895 bits per heavy atom. The van der Waals surface area contributed by atoms with Crippen LogP contribution in [0.3, 0.4) is 0 Å². The molecular formula is C16H8S3. The number of rotatable bonds is 2. The van der Waals surface area contributed by atoms with E-state index < -0.39 is 0 Å². The molecule has 0 nitrogen and oxygen atoms in total. The van der Waals surface area contributed by atoms with E-state index in [0.29, 0.717) is 0 Å². The summed E-state index contributed by atoms with van der Waals surface area (Å²) in [5, 5.41) is 6.14. The van der Waals surface area contributed by atoms with Gasteiger partial charge in [-0.3, -0.25) is 0 Å². The molecule has 0 bridgehead atoms. The number of terminal acetylenes is 2. The van der Waals surface area contributed by atoms with Crippen LogP contribution in [-0.2, 0) is 0 Å². The Labute approximate surface area is 124 Å². The predicted molar refractivity (Wildman–Crippen MR) is 86.8 cm³/mol. The van der Waals surface area contributed by atoms with E-state index in [2.05, 4.69) is 40.8 Å². The molecule has 0 unspecified atom stereocenters. The Morgan fingerprint density at radius 3 is 2.47 bits per heavy atom. The molecule has 0 N–H and O–H groups in total. The molecule has 0 saturated carbocycles. The zero-order valence-electron chi connectivity index (χ0n) is 9.84. The molecule has 0 spiro atoms. The minimum absolute atomic E-state index is 0.813. The molecule has 3 heteroatoms. The fourth-order valence-electron chi connectivity index (χ4n) is 1.89. The summed E-state index contributed by atoms with van der Waals surface area (Å²) in [6.45, 7) is 0. The van der Waals surface area contributed by atoms with Crippen LogP contribution in [0.25, 0.3) is 20.2 Å². The van der Waals surface area contributed by atoms with Crippen LogP contribution in [-0.4, -0.2) is 0 Å². The summed E-state index contributed by atoms with van der Waals surface area (Å²) in [4.78, 5) is 3.57. The third-order valence-electron chi connectivity index (χ3n) is 2.75. The largest absolute Gasteiger partial charge is 0.144 e. The number of hydrogen-bond donors (Lipinski definition) is 0.